The Morgan fingerprint density at radius 3 is 2.51 bits per heavy atom. The number of aromatic nitrogens is 4. The van der Waals surface area contributed by atoms with Crippen LogP contribution in [0.4, 0.5) is 29.7 Å². The molecule has 0 bridgehead atoms. The molecule has 2 aliphatic heterocycles. The van der Waals surface area contributed by atoms with Gasteiger partial charge in [0.05, 0.1) is 16.9 Å². The standard InChI is InChI=1S/C33H33BrF3N7O5/c1-20-9-12-44(41-20)24-15-22(34)7-8-23(24)33(37,29(35)36)49-27-16-26(39-30(38)40-27)42-13-10-32(11-14-42)17-25(28(45)46)43(19-32)31(47)48-18-21-5-3-2-4-6-21/h2-9,12,15-16,25,29H,10-11,13-14,17-19H2,1H3,(H,45,46)(H2,38,39,40)/t25?,33-/m0/s1. The van der Waals surface area contributed by atoms with E-state index in [-0.39, 0.29) is 37.0 Å². The Morgan fingerprint density at radius 1 is 1.12 bits per heavy atom. The number of rotatable bonds is 9. The molecule has 2 saturated heterocycles. The second-order valence-corrected chi connectivity index (χ2v) is 13.2. The maximum atomic E-state index is 16.4. The molecule has 49 heavy (non-hydrogen) atoms. The number of nitrogen functional groups attached to an aromatic ring is 1. The molecule has 1 unspecified atom stereocenters. The van der Waals surface area contributed by atoms with Crippen molar-refractivity contribution in [3.05, 3.63) is 88.2 Å². The van der Waals surface area contributed by atoms with Gasteiger partial charge in [-0.2, -0.15) is 19.5 Å². The highest BCUT2D eigenvalue weighted by Gasteiger charge is 2.51. The van der Waals surface area contributed by atoms with Crippen LogP contribution in [0.25, 0.3) is 5.69 Å². The minimum Gasteiger partial charge on any atom is -0.480 e. The van der Waals surface area contributed by atoms with Gasteiger partial charge in [0.25, 0.3) is 0 Å². The van der Waals surface area contributed by atoms with Crippen molar-refractivity contribution in [2.45, 2.75) is 51.1 Å². The maximum absolute atomic E-state index is 16.4. The number of likely N-dealkylation sites (tertiary alicyclic amines) is 1. The normalized spacial score (nSPS) is 18.4. The number of alkyl halides is 3. The molecule has 12 nitrogen and oxygen atoms in total. The van der Waals surface area contributed by atoms with E-state index in [1.807, 2.05) is 23.1 Å². The van der Waals surface area contributed by atoms with Crippen molar-refractivity contribution in [2.24, 2.45) is 5.41 Å². The molecule has 2 aromatic heterocycles. The van der Waals surface area contributed by atoms with Crippen molar-refractivity contribution in [1.29, 1.82) is 0 Å². The van der Waals surface area contributed by atoms with E-state index in [0.29, 0.717) is 36.1 Å². The van der Waals surface area contributed by atoms with Crippen molar-refractivity contribution in [3.8, 4) is 11.6 Å². The Balaban J connectivity index is 1.18. The Bertz CT molecular complexity index is 1840. The third-order valence-electron chi connectivity index (χ3n) is 8.92. The summed E-state index contributed by atoms with van der Waals surface area (Å²) in [6.45, 7) is 2.64. The summed E-state index contributed by atoms with van der Waals surface area (Å²) in [4.78, 5) is 36.4. The van der Waals surface area contributed by atoms with Crippen LogP contribution in [-0.2, 0) is 22.0 Å². The molecule has 1 amide bonds. The van der Waals surface area contributed by atoms with E-state index in [2.05, 4.69) is 31.0 Å². The summed E-state index contributed by atoms with van der Waals surface area (Å²) in [6.07, 6.45) is -1.62. The lowest BCUT2D eigenvalue weighted by atomic mass is 9.76. The lowest BCUT2D eigenvalue weighted by Crippen LogP contribution is -2.43. The second-order valence-electron chi connectivity index (χ2n) is 12.2. The average molecular weight is 745 g/mol. The number of benzene rings is 2. The van der Waals surface area contributed by atoms with Gasteiger partial charge in [-0.1, -0.05) is 46.3 Å². The second kappa shape index (κ2) is 13.6. The first-order valence-corrected chi connectivity index (χ1v) is 16.2. The van der Waals surface area contributed by atoms with Crippen LogP contribution in [0.15, 0.2) is 71.3 Å². The molecular weight excluding hydrogens is 711 g/mol. The number of aryl methyl sites for hydroxylation is 1. The molecule has 0 radical (unpaired) electrons. The quantitative estimate of drug-likeness (QED) is 0.213. The Kier molecular flexibility index (Phi) is 9.42. The van der Waals surface area contributed by atoms with E-state index in [4.69, 9.17) is 15.2 Å². The van der Waals surface area contributed by atoms with E-state index in [0.717, 1.165) is 5.56 Å². The van der Waals surface area contributed by atoms with Gasteiger partial charge in [0.1, 0.15) is 18.5 Å². The van der Waals surface area contributed by atoms with Gasteiger partial charge in [-0.05, 0) is 61.4 Å². The highest BCUT2D eigenvalue weighted by atomic mass is 79.9. The predicted octanol–water partition coefficient (Wildman–Crippen LogP) is 5.86. The lowest BCUT2D eigenvalue weighted by molar-refractivity contribution is -0.176. The van der Waals surface area contributed by atoms with Gasteiger partial charge >= 0.3 is 24.3 Å². The van der Waals surface area contributed by atoms with Crippen LogP contribution in [0, 0.1) is 12.3 Å². The summed E-state index contributed by atoms with van der Waals surface area (Å²) < 4.78 is 58.2. The number of nitrogens with zero attached hydrogens (tertiary/aromatic N) is 6. The molecule has 4 aromatic rings. The summed E-state index contributed by atoms with van der Waals surface area (Å²) in [5.41, 5.74) is 6.37. The zero-order valence-corrected chi connectivity index (χ0v) is 27.9. The van der Waals surface area contributed by atoms with Gasteiger partial charge in [0.2, 0.25) is 11.8 Å². The van der Waals surface area contributed by atoms with Gasteiger partial charge in [-0.25, -0.2) is 23.1 Å². The molecule has 2 aromatic carbocycles. The first-order chi connectivity index (χ1) is 23.4. The maximum Gasteiger partial charge on any atom is 0.410 e. The third-order valence-corrected chi connectivity index (χ3v) is 9.41. The number of halogens is 4. The molecule has 6 rings (SSSR count). The summed E-state index contributed by atoms with van der Waals surface area (Å²) in [5.74, 6) is -5.36. The van der Waals surface area contributed by atoms with Crippen molar-refractivity contribution in [2.75, 3.05) is 30.3 Å². The molecule has 0 aliphatic carbocycles. The largest absolute Gasteiger partial charge is 0.480 e. The molecular formula is C33H33BrF3N7O5. The lowest BCUT2D eigenvalue weighted by Gasteiger charge is -2.39. The summed E-state index contributed by atoms with van der Waals surface area (Å²) in [7, 11) is 0. The monoisotopic (exact) mass is 743 g/mol. The molecule has 2 atom stereocenters. The summed E-state index contributed by atoms with van der Waals surface area (Å²) >= 11 is 3.30. The molecule has 2 fully saturated rings. The minimum atomic E-state index is -3.64. The van der Waals surface area contributed by atoms with Crippen LogP contribution < -0.4 is 15.4 Å². The topological polar surface area (TPSA) is 149 Å². The Labute approximate surface area is 287 Å². The molecule has 1 spiro atoms. The van der Waals surface area contributed by atoms with Gasteiger partial charge < -0.3 is 25.2 Å². The molecule has 2 aliphatic rings. The zero-order chi connectivity index (χ0) is 34.9. The fourth-order valence-electron chi connectivity index (χ4n) is 6.39. The predicted molar refractivity (Wildman–Crippen MR) is 175 cm³/mol. The number of amides is 1. The van der Waals surface area contributed by atoms with Crippen molar-refractivity contribution < 1.29 is 37.3 Å². The number of hydrogen-bond donors (Lipinski definition) is 2. The smallest absolute Gasteiger partial charge is 0.410 e. The molecule has 16 heteroatoms. The molecule has 258 valence electrons. The summed E-state index contributed by atoms with van der Waals surface area (Å²) in [6, 6.07) is 15.0. The van der Waals surface area contributed by atoms with E-state index in [9.17, 15) is 23.5 Å². The van der Waals surface area contributed by atoms with E-state index < -0.39 is 47.2 Å². The highest BCUT2D eigenvalue weighted by Crippen LogP contribution is 2.45. The Morgan fingerprint density at radius 2 is 1.86 bits per heavy atom. The van der Waals surface area contributed by atoms with Crippen LogP contribution in [0.1, 0.15) is 36.1 Å². The number of hydrogen-bond acceptors (Lipinski definition) is 9. The fraction of sp³-hybridized carbons (Fsp3) is 0.364. The van der Waals surface area contributed by atoms with Gasteiger partial charge in [0.15, 0.2) is 0 Å². The first-order valence-electron chi connectivity index (χ1n) is 15.4. The van der Waals surface area contributed by atoms with Crippen LogP contribution in [0.5, 0.6) is 5.88 Å². The van der Waals surface area contributed by atoms with Crippen LogP contribution in [-0.4, -0.2) is 73.9 Å². The number of nitrogens with two attached hydrogens (primary N) is 1. The summed E-state index contributed by atoms with van der Waals surface area (Å²) in [5, 5.41) is 14.2. The average Bonchev–Trinajstić information content (AvgIpc) is 3.68. The number of ether oxygens (including phenoxy) is 2. The van der Waals surface area contributed by atoms with Gasteiger partial charge in [0, 0.05) is 36.4 Å². The van der Waals surface area contributed by atoms with Crippen molar-refractivity contribution in [3.63, 3.8) is 0 Å². The van der Waals surface area contributed by atoms with Crippen molar-refractivity contribution >= 4 is 39.8 Å². The van der Waals surface area contributed by atoms with E-state index >= 15 is 4.39 Å². The number of anilines is 2. The molecule has 4 heterocycles. The highest BCUT2D eigenvalue weighted by molar-refractivity contribution is 9.10. The first kappa shape index (κ1) is 34.0. The van der Waals surface area contributed by atoms with Gasteiger partial charge in [-0.15, -0.1) is 0 Å². The Hall–Kier alpha value is -4.86. The SMILES string of the molecule is Cc1ccn(-c2cc(Br)ccc2[C@](F)(Oc2cc(N3CCC4(CC3)CC(C(=O)O)N(C(=O)OCc3ccccc3)C4)nc(N)n2)C(F)F)n1. The minimum absolute atomic E-state index is 0.0145. The van der Waals surface area contributed by atoms with E-state index in [1.54, 1.807) is 25.1 Å². The van der Waals surface area contributed by atoms with E-state index in [1.165, 1.54) is 40.0 Å². The van der Waals surface area contributed by atoms with Crippen LogP contribution in [0.2, 0.25) is 0 Å². The van der Waals surface area contributed by atoms with Crippen molar-refractivity contribution in [1.82, 2.24) is 24.6 Å². The van der Waals surface area contributed by atoms with Gasteiger partial charge in [-0.3, -0.25) is 4.90 Å². The number of carbonyl (C=O) groups is 2. The number of aliphatic carboxylic acids is 1. The number of carboxylic acid groups (broad SMARTS) is 1. The van der Waals surface area contributed by atoms with Crippen LogP contribution >= 0.6 is 15.9 Å². The molecule has 3 N–H and O–H groups in total. The number of carboxylic acids is 1. The fourth-order valence-corrected chi connectivity index (χ4v) is 6.74. The third kappa shape index (κ3) is 7.14. The number of piperidine rings is 1. The molecule has 0 saturated carbocycles. The zero-order valence-electron chi connectivity index (χ0n) is 26.3. The number of carbonyl (C=O) groups excluding carboxylic acids is 1. The van der Waals surface area contributed by atoms with Crippen LogP contribution in [0.3, 0.4) is 0 Å².